The number of thioether (sulfide) groups is 1. The molecule has 0 aliphatic carbocycles. The third kappa shape index (κ3) is 5.07. The van der Waals surface area contributed by atoms with Crippen LogP contribution < -0.4 is 0 Å². The molecule has 14 heavy (non-hydrogen) atoms. The minimum absolute atomic E-state index is 1.05. The van der Waals surface area contributed by atoms with E-state index in [0.717, 1.165) is 12.1 Å². The summed E-state index contributed by atoms with van der Waals surface area (Å²) in [6.45, 7) is 2.20. The van der Waals surface area contributed by atoms with Crippen molar-refractivity contribution in [3.05, 3.63) is 30.3 Å². The van der Waals surface area contributed by atoms with Crippen LogP contribution in [0.4, 0.5) is 5.69 Å². The van der Waals surface area contributed by atoms with Crippen molar-refractivity contribution in [3.8, 4) is 0 Å². The SMILES string of the molecule is CCSCCCC=Nc1ccccc1. The molecule has 0 spiro atoms. The first-order chi connectivity index (χ1) is 6.93. The summed E-state index contributed by atoms with van der Waals surface area (Å²) < 4.78 is 0. The van der Waals surface area contributed by atoms with Gasteiger partial charge in [0.15, 0.2) is 0 Å². The normalized spacial score (nSPS) is 10.9. The summed E-state index contributed by atoms with van der Waals surface area (Å²) in [5.74, 6) is 2.47. The van der Waals surface area contributed by atoms with E-state index in [-0.39, 0.29) is 0 Å². The largest absolute Gasteiger partial charge is 0.261 e. The number of nitrogens with zero attached hydrogens (tertiary/aromatic N) is 1. The summed E-state index contributed by atoms with van der Waals surface area (Å²) in [5.41, 5.74) is 1.05. The maximum Gasteiger partial charge on any atom is 0.0625 e. The lowest BCUT2D eigenvalue weighted by molar-refractivity contribution is 1.02. The average molecular weight is 207 g/mol. The molecule has 0 heterocycles. The van der Waals surface area contributed by atoms with Gasteiger partial charge in [-0.1, -0.05) is 25.1 Å². The van der Waals surface area contributed by atoms with Crippen LogP contribution in [0.15, 0.2) is 35.3 Å². The van der Waals surface area contributed by atoms with Gasteiger partial charge in [0.2, 0.25) is 0 Å². The van der Waals surface area contributed by atoms with Gasteiger partial charge in [0.25, 0.3) is 0 Å². The molecule has 1 nitrogen and oxygen atoms in total. The van der Waals surface area contributed by atoms with Gasteiger partial charge in [0.05, 0.1) is 5.69 Å². The van der Waals surface area contributed by atoms with E-state index in [1.165, 1.54) is 17.9 Å². The number of hydrogen-bond acceptors (Lipinski definition) is 2. The fraction of sp³-hybridized carbons (Fsp3) is 0.417. The van der Waals surface area contributed by atoms with Crippen molar-refractivity contribution in [2.45, 2.75) is 19.8 Å². The third-order valence-corrected chi connectivity index (χ3v) is 2.81. The van der Waals surface area contributed by atoms with E-state index in [2.05, 4.69) is 11.9 Å². The molecular formula is C12H17NS. The summed E-state index contributed by atoms with van der Waals surface area (Å²) in [6, 6.07) is 10.1. The van der Waals surface area contributed by atoms with Gasteiger partial charge >= 0.3 is 0 Å². The first-order valence-electron chi connectivity index (χ1n) is 5.09. The van der Waals surface area contributed by atoms with Gasteiger partial charge in [-0.05, 0) is 36.5 Å². The van der Waals surface area contributed by atoms with Crippen molar-refractivity contribution in [2.24, 2.45) is 4.99 Å². The molecule has 0 aliphatic rings. The van der Waals surface area contributed by atoms with Crippen LogP contribution in [0.2, 0.25) is 0 Å². The van der Waals surface area contributed by atoms with Gasteiger partial charge in [0.1, 0.15) is 0 Å². The van der Waals surface area contributed by atoms with Gasteiger partial charge in [-0.2, -0.15) is 11.8 Å². The van der Waals surface area contributed by atoms with Crippen LogP contribution in [-0.2, 0) is 0 Å². The predicted molar refractivity (Wildman–Crippen MR) is 66.8 cm³/mol. The Kier molecular flexibility index (Phi) is 6.16. The molecule has 0 unspecified atom stereocenters. The number of hydrogen-bond donors (Lipinski definition) is 0. The summed E-state index contributed by atoms with van der Waals surface area (Å²) in [6.07, 6.45) is 4.34. The standard InChI is InChI=1S/C12H17NS/c1-2-14-11-7-6-10-13-12-8-4-3-5-9-12/h3-5,8-10H,2,6-7,11H2,1H3. The molecule has 1 aromatic carbocycles. The van der Waals surface area contributed by atoms with Gasteiger partial charge < -0.3 is 0 Å². The smallest absolute Gasteiger partial charge is 0.0625 e. The average Bonchev–Trinajstić information content (AvgIpc) is 2.25. The van der Waals surface area contributed by atoms with Gasteiger partial charge in [-0.15, -0.1) is 0 Å². The quantitative estimate of drug-likeness (QED) is 0.508. The molecule has 1 aromatic rings. The maximum absolute atomic E-state index is 4.37. The van der Waals surface area contributed by atoms with Crippen molar-refractivity contribution >= 4 is 23.7 Å². The second kappa shape index (κ2) is 7.63. The van der Waals surface area contributed by atoms with Crippen molar-refractivity contribution in [3.63, 3.8) is 0 Å². The van der Waals surface area contributed by atoms with E-state index in [0.29, 0.717) is 0 Å². The fourth-order valence-electron chi connectivity index (χ4n) is 1.11. The molecule has 0 fully saturated rings. The van der Waals surface area contributed by atoms with Crippen molar-refractivity contribution in [1.82, 2.24) is 0 Å². The highest BCUT2D eigenvalue weighted by atomic mass is 32.2. The molecule has 0 aliphatic heterocycles. The first kappa shape index (κ1) is 11.3. The minimum atomic E-state index is 1.05. The lowest BCUT2D eigenvalue weighted by atomic mass is 10.3. The molecule has 0 bridgehead atoms. The molecular weight excluding hydrogens is 190 g/mol. The van der Waals surface area contributed by atoms with E-state index in [9.17, 15) is 0 Å². The monoisotopic (exact) mass is 207 g/mol. The van der Waals surface area contributed by atoms with Crippen molar-refractivity contribution in [1.29, 1.82) is 0 Å². The summed E-state index contributed by atoms with van der Waals surface area (Å²) in [5, 5.41) is 0. The first-order valence-corrected chi connectivity index (χ1v) is 6.24. The Hall–Kier alpha value is -0.760. The maximum atomic E-state index is 4.37. The van der Waals surface area contributed by atoms with E-state index >= 15 is 0 Å². The Labute approximate surface area is 90.6 Å². The summed E-state index contributed by atoms with van der Waals surface area (Å²) in [7, 11) is 0. The molecule has 0 atom stereocenters. The molecule has 76 valence electrons. The second-order valence-corrected chi connectivity index (χ2v) is 4.38. The topological polar surface area (TPSA) is 12.4 Å². The zero-order valence-corrected chi connectivity index (χ0v) is 9.46. The Morgan fingerprint density at radius 2 is 2.07 bits per heavy atom. The van der Waals surface area contributed by atoms with Gasteiger partial charge in [0, 0.05) is 6.21 Å². The molecule has 0 aromatic heterocycles. The number of para-hydroxylation sites is 1. The molecule has 0 amide bonds. The number of unbranched alkanes of at least 4 members (excludes halogenated alkanes) is 1. The number of aliphatic imine (C=N–C) groups is 1. The lowest BCUT2D eigenvalue weighted by Gasteiger charge is -1.94. The van der Waals surface area contributed by atoms with Crippen LogP contribution in [0.5, 0.6) is 0 Å². The van der Waals surface area contributed by atoms with Crippen LogP contribution in [0, 0.1) is 0 Å². The highest BCUT2D eigenvalue weighted by Gasteiger charge is 1.86. The molecule has 0 radical (unpaired) electrons. The van der Waals surface area contributed by atoms with Crippen LogP contribution in [0.1, 0.15) is 19.8 Å². The van der Waals surface area contributed by atoms with Crippen molar-refractivity contribution in [2.75, 3.05) is 11.5 Å². The molecule has 0 saturated heterocycles. The van der Waals surface area contributed by atoms with E-state index in [1.807, 2.05) is 48.3 Å². The Balaban J connectivity index is 2.15. The summed E-state index contributed by atoms with van der Waals surface area (Å²) in [4.78, 5) is 4.37. The Morgan fingerprint density at radius 3 is 2.79 bits per heavy atom. The highest BCUT2D eigenvalue weighted by Crippen LogP contribution is 2.09. The Morgan fingerprint density at radius 1 is 1.29 bits per heavy atom. The summed E-state index contributed by atoms with van der Waals surface area (Å²) >= 11 is 1.99. The van der Waals surface area contributed by atoms with Gasteiger partial charge in [-0.25, -0.2) is 0 Å². The third-order valence-electron chi connectivity index (χ3n) is 1.82. The molecule has 2 heteroatoms. The molecule has 1 rings (SSSR count). The van der Waals surface area contributed by atoms with Crippen molar-refractivity contribution < 1.29 is 0 Å². The highest BCUT2D eigenvalue weighted by molar-refractivity contribution is 7.99. The fourth-order valence-corrected chi connectivity index (χ4v) is 1.76. The van der Waals surface area contributed by atoms with Crippen LogP contribution in [-0.4, -0.2) is 17.7 Å². The van der Waals surface area contributed by atoms with Gasteiger partial charge in [-0.3, -0.25) is 4.99 Å². The second-order valence-electron chi connectivity index (χ2n) is 2.99. The van der Waals surface area contributed by atoms with Crippen LogP contribution >= 0.6 is 11.8 Å². The van der Waals surface area contributed by atoms with E-state index in [1.54, 1.807) is 0 Å². The number of rotatable bonds is 6. The van der Waals surface area contributed by atoms with E-state index in [4.69, 9.17) is 0 Å². The Bertz CT molecular complexity index is 256. The zero-order chi connectivity index (χ0) is 10.1. The minimum Gasteiger partial charge on any atom is -0.261 e. The van der Waals surface area contributed by atoms with Crippen LogP contribution in [0.25, 0.3) is 0 Å². The number of benzene rings is 1. The molecule has 0 saturated carbocycles. The van der Waals surface area contributed by atoms with E-state index < -0.39 is 0 Å². The lowest BCUT2D eigenvalue weighted by Crippen LogP contribution is -1.81. The molecule has 0 N–H and O–H groups in total. The predicted octanol–water partition coefficient (Wildman–Crippen LogP) is 3.92. The zero-order valence-electron chi connectivity index (χ0n) is 8.65. The van der Waals surface area contributed by atoms with Crippen LogP contribution in [0.3, 0.4) is 0 Å².